The van der Waals surface area contributed by atoms with Gasteiger partial charge < -0.3 is 28.4 Å². The van der Waals surface area contributed by atoms with E-state index in [2.05, 4.69) is 16.0 Å². The van der Waals surface area contributed by atoms with Gasteiger partial charge in [0.15, 0.2) is 6.29 Å². The third-order valence-corrected chi connectivity index (χ3v) is 8.86. The Balaban J connectivity index is 1.25. The first-order valence-corrected chi connectivity index (χ1v) is 18.5. The van der Waals surface area contributed by atoms with E-state index >= 15 is 0 Å². The number of carbonyl (C=O) groups is 2. The van der Waals surface area contributed by atoms with Gasteiger partial charge >= 0.3 is 17.8 Å². The molecule has 1 aliphatic rings. The maximum Gasteiger partial charge on any atom is 0.355 e. The largest absolute Gasteiger partial charge is 0.465 e. The molecule has 4 aromatic rings. The van der Waals surface area contributed by atoms with Crippen molar-refractivity contribution in [3.8, 4) is 6.07 Å². The maximum atomic E-state index is 12.3. The lowest BCUT2D eigenvalue weighted by molar-refractivity contribution is -0.432. The fourth-order valence-corrected chi connectivity index (χ4v) is 6.08. The second-order valence-corrected chi connectivity index (χ2v) is 12.8. The smallest absolute Gasteiger partial charge is 0.355 e. The minimum atomic E-state index is -0.922. The van der Waals surface area contributed by atoms with Gasteiger partial charge in [-0.2, -0.15) is 0 Å². The van der Waals surface area contributed by atoms with Gasteiger partial charge in [0.05, 0.1) is 38.8 Å². The summed E-state index contributed by atoms with van der Waals surface area (Å²) >= 11 is 0.841. The molecule has 54 heavy (non-hydrogen) atoms. The van der Waals surface area contributed by atoms with Crippen molar-refractivity contribution in [2.75, 3.05) is 25.5 Å². The molecule has 0 amide bonds. The summed E-state index contributed by atoms with van der Waals surface area (Å²) < 4.78 is 42.6. The van der Waals surface area contributed by atoms with Crippen LogP contribution in [0.1, 0.15) is 39.9 Å². The first kappa shape index (κ1) is 40.7. The van der Waals surface area contributed by atoms with Crippen LogP contribution in [0, 0.1) is 6.07 Å². The summed E-state index contributed by atoms with van der Waals surface area (Å²) in [6, 6.07) is 40.4. The number of carbonyl (C=O) groups excluding carboxylic acids is 2. The zero-order chi connectivity index (χ0) is 37.6. The second kappa shape index (κ2) is 23.4. The molecule has 1 heterocycles. The Morgan fingerprint density at radius 3 is 1.80 bits per heavy atom. The molecule has 0 aliphatic carbocycles. The lowest BCUT2D eigenvalue weighted by Gasteiger charge is -2.45. The first-order chi connectivity index (χ1) is 26.6. The average Bonchev–Trinajstić information content (AvgIpc) is 3.22. The van der Waals surface area contributed by atoms with E-state index in [1.807, 2.05) is 97.1 Å². The summed E-state index contributed by atoms with van der Waals surface area (Å²) in [6.45, 7) is 1.12. The van der Waals surface area contributed by atoms with Crippen molar-refractivity contribution in [3.63, 3.8) is 0 Å². The number of Topliss-reactive ketones (excluding diaryl/α,β-unsaturated/α-hetero) is 1. The minimum absolute atomic E-state index is 0.000831. The van der Waals surface area contributed by atoms with E-state index in [0.29, 0.717) is 12.0 Å². The third kappa shape index (κ3) is 13.7. The molecule has 1 fully saturated rings. The number of ketones is 1. The van der Waals surface area contributed by atoms with E-state index in [0.717, 1.165) is 28.7 Å². The molecule has 5 unspecified atom stereocenters. The normalized spacial score (nSPS) is 19.4. The highest BCUT2D eigenvalue weighted by Gasteiger charge is 2.49. The van der Waals surface area contributed by atoms with Crippen LogP contribution in [-0.4, -0.2) is 73.2 Å². The molecule has 0 spiro atoms. The van der Waals surface area contributed by atoms with Crippen molar-refractivity contribution in [3.05, 3.63) is 148 Å². The molecular formula is C41H44NO11S+. The van der Waals surface area contributed by atoms with Crippen LogP contribution in [0.2, 0.25) is 0 Å². The van der Waals surface area contributed by atoms with Crippen molar-refractivity contribution in [1.29, 1.82) is 0 Å². The molecule has 1 aliphatic heterocycles. The number of hydrogen-bond acceptors (Lipinski definition) is 12. The molecule has 4 aromatic carbocycles. The first-order valence-electron chi connectivity index (χ1n) is 17.6. The number of benzene rings is 4. The summed E-state index contributed by atoms with van der Waals surface area (Å²) in [4.78, 5) is 28.4. The molecular weight excluding hydrogens is 715 g/mol. The summed E-state index contributed by atoms with van der Waals surface area (Å²) in [6.07, 6.45) is -3.30. The maximum absolute atomic E-state index is 12.3. The van der Waals surface area contributed by atoms with E-state index in [1.165, 1.54) is 0 Å². The fourth-order valence-electron chi connectivity index (χ4n) is 5.58. The van der Waals surface area contributed by atoms with Gasteiger partial charge in [0.1, 0.15) is 30.8 Å². The summed E-state index contributed by atoms with van der Waals surface area (Å²) in [7, 11) is 0. The lowest BCUT2D eigenvalue weighted by Crippen LogP contribution is -2.61. The van der Waals surface area contributed by atoms with E-state index in [-0.39, 0.29) is 57.5 Å². The highest BCUT2D eigenvalue weighted by molar-refractivity contribution is 7.94. The average molecular weight is 759 g/mol. The van der Waals surface area contributed by atoms with E-state index in [9.17, 15) is 9.59 Å². The van der Waals surface area contributed by atoms with Crippen LogP contribution in [0.15, 0.2) is 121 Å². The topological polar surface area (TPSA) is 133 Å². The molecule has 284 valence electrons. The lowest BCUT2D eigenvalue weighted by atomic mass is 9.98. The Morgan fingerprint density at radius 2 is 1.22 bits per heavy atom. The minimum Gasteiger partial charge on any atom is -0.465 e. The Hall–Kier alpha value is -4.46. The van der Waals surface area contributed by atoms with Crippen LogP contribution in [0.25, 0.3) is 4.85 Å². The van der Waals surface area contributed by atoms with E-state index in [4.69, 9.17) is 38.0 Å². The zero-order valence-corrected chi connectivity index (χ0v) is 30.5. The Morgan fingerprint density at radius 1 is 0.685 bits per heavy atom. The van der Waals surface area contributed by atoms with Crippen LogP contribution in [0.4, 0.5) is 0 Å². The molecule has 0 aromatic heterocycles. The molecule has 0 bridgehead atoms. The molecule has 5 atom stereocenters. The molecule has 13 heteroatoms. The fraction of sp³-hybridized carbons (Fsp3) is 0.341. The van der Waals surface area contributed by atoms with Gasteiger partial charge in [0, 0.05) is 24.0 Å². The van der Waals surface area contributed by atoms with Gasteiger partial charge in [-0.3, -0.25) is 9.59 Å². The van der Waals surface area contributed by atoms with E-state index < -0.39 is 36.7 Å². The molecule has 12 nitrogen and oxygen atoms in total. The summed E-state index contributed by atoms with van der Waals surface area (Å²) in [5.41, 5.74) is 3.34. The Kier molecular flexibility index (Phi) is 17.6. The second-order valence-electron chi connectivity index (χ2n) is 12.1. The molecule has 5 rings (SSSR count). The van der Waals surface area contributed by atoms with Crippen LogP contribution in [0.5, 0.6) is 0 Å². The molecule has 1 N–H and O–H groups in total. The van der Waals surface area contributed by atoms with Gasteiger partial charge in [-0.1, -0.05) is 131 Å². The number of ether oxygens (including phenoxy) is 6. The standard InChI is InChI=1S/C41H43NO11S/c43-35(34-20-11-4-12-21-34)26-42-23-22-37(44)46-24-13-25-47-41-40(50-29-33-18-9-3-10-19-33)39(49-28-32-16-7-2-8-17-32)38(36(51-41)30-54-53-52-45)48-27-31-14-5-1-6-15-31/h1-12,14-21,36,38-41H,13,22-25,27-30H2/p+1. The highest BCUT2D eigenvalue weighted by Crippen LogP contribution is 2.33. The number of rotatable bonds is 21. The van der Waals surface area contributed by atoms with E-state index in [1.54, 1.807) is 24.3 Å². The van der Waals surface area contributed by atoms with Crippen LogP contribution in [-0.2, 0) is 62.4 Å². The van der Waals surface area contributed by atoms with Gasteiger partial charge in [-0.25, -0.2) is 5.26 Å². The predicted molar refractivity (Wildman–Crippen MR) is 200 cm³/mol. The van der Waals surface area contributed by atoms with Crippen molar-refractivity contribution in [2.45, 2.75) is 63.4 Å². The van der Waals surface area contributed by atoms with Crippen LogP contribution in [0.3, 0.4) is 0 Å². The Labute approximate surface area is 319 Å². The molecule has 1 saturated heterocycles. The van der Waals surface area contributed by atoms with Crippen molar-refractivity contribution in [1.82, 2.24) is 0 Å². The monoisotopic (exact) mass is 758 g/mol. The SMILES string of the molecule is O=C(CC[N+]#CC(=O)c1ccccc1)OCCCOC1OC(CSOOO)C(OCc2ccccc2)C(OCc2ccccc2)C1OCc1ccccc1. The molecule has 0 radical (unpaired) electrons. The quantitative estimate of drug-likeness (QED) is 0.0177. The summed E-state index contributed by atoms with van der Waals surface area (Å²) in [5, 5.41) is 12.7. The number of esters is 1. The van der Waals surface area contributed by atoms with Crippen molar-refractivity contribution >= 4 is 23.8 Å². The van der Waals surface area contributed by atoms with Gasteiger partial charge in [0.2, 0.25) is 0 Å². The molecule has 0 saturated carbocycles. The van der Waals surface area contributed by atoms with Gasteiger partial charge in [-0.05, 0) is 16.7 Å². The van der Waals surface area contributed by atoms with Gasteiger partial charge in [-0.15, -0.1) is 4.33 Å². The Bertz CT molecular complexity index is 1730. The van der Waals surface area contributed by atoms with Crippen molar-refractivity contribution in [2.24, 2.45) is 0 Å². The third-order valence-electron chi connectivity index (χ3n) is 8.24. The van der Waals surface area contributed by atoms with Gasteiger partial charge in [0.25, 0.3) is 6.54 Å². The van der Waals surface area contributed by atoms with Crippen LogP contribution < -0.4 is 0 Å². The zero-order valence-electron chi connectivity index (χ0n) is 29.7. The summed E-state index contributed by atoms with van der Waals surface area (Å²) in [5.74, 6) is -0.624. The number of nitrogens with zero attached hydrogens (tertiary/aromatic N) is 1. The number of hydrogen-bond donors (Lipinski definition) is 1. The highest BCUT2D eigenvalue weighted by atomic mass is 32.2. The van der Waals surface area contributed by atoms with Crippen LogP contribution >= 0.6 is 12.0 Å². The van der Waals surface area contributed by atoms with Crippen molar-refractivity contribution < 1.29 is 52.6 Å². The predicted octanol–water partition coefficient (Wildman–Crippen LogP) is 7.09.